The van der Waals surface area contributed by atoms with E-state index in [2.05, 4.69) is 0 Å². The molecule has 0 heterocycles. The van der Waals surface area contributed by atoms with E-state index >= 15 is 0 Å². The minimum Gasteiger partial charge on any atom is -0.496 e. The molecule has 1 atom stereocenters. The predicted molar refractivity (Wildman–Crippen MR) is 78.1 cm³/mol. The van der Waals surface area contributed by atoms with Crippen molar-refractivity contribution < 1.29 is 13.2 Å². The van der Waals surface area contributed by atoms with Gasteiger partial charge in [-0.05, 0) is 12.5 Å². The van der Waals surface area contributed by atoms with E-state index in [9.17, 15) is 8.42 Å². The van der Waals surface area contributed by atoms with Crippen LogP contribution in [0.5, 0.6) is 5.75 Å². The molecule has 0 aliphatic carbocycles. The van der Waals surface area contributed by atoms with Crippen molar-refractivity contribution in [3.05, 3.63) is 29.8 Å². The molecule has 0 spiro atoms. The highest BCUT2D eigenvalue weighted by molar-refractivity contribution is 7.91. The predicted octanol–water partition coefficient (Wildman–Crippen LogP) is 2.30. The van der Waals surface area contributed by atoms with E-state index in [0.29, 0.717) is 12.2 Å². The van der Waals surface area contributed by atoms with Crippen LogP contribution in [0, 0.1) is 0 Å². The number of unbranched alkanes of at least 4 members (excludes halogenated alkanes) is 2. The fraction of sp³-hybridized carbons (Fsp3) is 0.571. The van der Waals surface area contributed by atoms with E-state index in [-0.39, 0.29) is 11.5 Å². The molecule has 5 heteroatoms. The second-order valence-corrected chi connectivity index (χ2v) is 6.90. The highest BCUT2D eigenvalue weighted by Gasteiger charge is 2.19. The highest BCUT2D eigenvalue weighted by Crippen LogP contribution is 2.24. The number of para-hydroxylation sites is 1. The van der Waals surface area contributed by atoms with E-state index in [0.717, 1.165) is 18.4 Å². The molecule has 4 nitrogen and oxygen atoms in total. The summed E-state index contributed by atoms with van der Waals surface area (Å²) in [5.41, 5.74) is 6.74. The van der Waals surface area contributed by atoms with Crippen LogP contribution in [-0.2, 0) is 9.84 Å². The summed E-state index contributed by atoms with van der Waals surface area (Å²) in [5, 5.41) is 0. The van der Waals surface area contributed by atoms with E-state index in [4.69, 9.17) is 10.5 Å². The van der Waals surface area contributed by atoms with Crippen LogP contribution in [-0.4, -0.2) is 27.0 Å². The number of hydrogen-bond acceptors (Lipinski definition) is 4. The number of nitrogens with two attached hydrogens (primary N) is 1. The average Bonchev–Trinajstić information content (AvgIpc) is 2.38. The third kappa shape index (κ3) is 5.20. The van der Waals surface area contributed by atoms with Gasteiger partial charge in [-0.2, -0.15) is 0 Å². The minimum atomic E-state index is -3.11. The fourth-order valence-corrected chi connectivity index (χ4v) is 3.53. The molecule has 0 saturated heterocycles. The van der Waals surface area contributed by atoms with Crippen molar-refractivity contribution >= 4 is 9.84 Å². The van der Waals surface area contributed by atoms with Crippen LogP contribution >= 0.6 is 0 Å². The Labute approximate surface area is 115 Å². The number of hydrogen-bond donors (Lipinski definition) is 1. The number of methoxy groups -OCH3 is 1. The molecule has 0 saturated carbocycles. The molecule has 0 fully saturated rings. The maximum absolute atomic E-state index is 12.0. The smallest absolute Gasteiger partial charge is 0.152 e. The molecular formula is C14H23NO3S. The van der Waals surface area contributed by atoms with Crippen molar-refractivity contribution in [2.75, 3.05) is 18.6 Å². The Bertz CT molecular complexity index is 485. The first kappa shape index (κ1) is 16.0. The summed E-state index contributed by atoms with van der Waals surface area (Å²) in [6.45, 7) is 2.05. The lowest BCUT2D eigenvalue weighted by atomic mass is 10.1. The van der Waals surface area contributed by atoms with Gasteiger partial charge >= 0.3 is 0 Å². The second-order valence-electron chi connectivity index (χ2n) is 4.67. The van der Waals surface area contributed by atoms with Crippen molar-refractivity contribution in [1.29, 1.82) is 0 Å². The third-order valence-corrected chi connectivity index (χ3v) is 4.81. The molecule has 0 aromatic heterocycles. The van der Waals surface area contributed by atoms with Crippen LogP contribution in [0.2, 0.25) is 0 Å². The molecule has 19 heavy (non-hydrogen) atoms. The lowest BCUT2D eigenvalue weighted by Gasteiger charge is -2.15. The summed E-state index contributed by atoms with van der Waals surface area (Å²) in [6.07, 6.45) is 2.65. The van der Waals surface area contributed by atoms with Gasteiger partial charge in [-0.1, -0.05) is 38.0 Å². The van der Waals surface area contributed by atoms with Crippen molar-refractivity contribution in [2.24, 2.45) is 5.73 Å². The molecule has 108 valence electrons. The van der Waals surface area contributed by atoms with E-state index in [1.165, 1.54) is 0 Å². The topological polar surface area (TPSA) is 69.4 Å². The standard InChI is InChI=1S/C14H23NO3S/c1-3-4-7-10-19(16,17)11-13(15)12-8-5-6-9-14(12)18-2/h5-6,8-9,13H,3-4,7,10-11,15H2,1-2H3. The largest absolute Gasteiger partial charge is 0.496 e. The van der Waals surface area contributed by atoms with Crippen molar-refractivity contribution in [2.45, 2.75) is 32.2 Å². The lowest BCUT2D eigenvalue weighted by molar-refractivity contribution is 0.407. The Morgan fingerprint density at radius 1 is 1.26 bits per heavy atom. The van der Waals surface area contributed by atoms with Crippen LogP contribution in [0.4, 0.5) is 0 Å². The zero-order chi connectivity index (χ0) is 14.3. The summed E-state index contributed by atoms with van der Waals surface area (Å²) in [6, 6.07) is 6.73. The van der Waals surface area contributed by atoms with Crippen LogP contribution in [0.15, 0.2) is 24.3 Å². The zero-order valence-electron chi connectivity index (χ0n) is 11.6. The Morgan fingerprint density at radius 2 is 1.95 bits per heavy atom. The molecule has 0 amide bonds. The van der Waals surface area contributed by atoms with Gasteiger partial charge in [-0.3, -0.25) is 0 Å². The van der Waals surface area contributed by atoms with Crippen LogP contribution in [0.3, 0.4) is 0 Å². The van der Waals surface area contributed by atoms with E-state index in [1.807, 2.05) is 25.1 Å². The maximum Gasteiger partial charge on any atom is 0.152 e. The van der Waals surface area contributed by atoms with E-state index in [1.54, 1.807) is 13.2 Å². The number of ether oxygens (including phenoxy) is 1. The molecule has 0 bridgehead atoms. The Balaban J connectivity index is 2.70. The molecule has 1 rings (SSSR count). The van der Waals surface area contributed by atoms with E-state index < -0.39 is 15.9 Å². The van der Waals surface area contributed by atoms with Gasteiger partial charge in [0.05, 0.1) is 18.6 Å². The van der Waals surface area contributed by atoms with Crippen molar-refractivity contribution in [3.63, 3.8) is 0 Å². The second kappa shape index (κ2) is 7.50. The summed E-state index contributed by atoms with van der Waals surface area (Å²) in [4.78, 5) is 0. The third-order valence-electron chi connectivity index (χ3n) is 3.03. The molecule has 0 aliphatic heterocycles. The Hall–Kier alpha value is -1.07. The van der Waals surface area contributed by atoms with Gasteiger partial charge in [0.15, 0.2) is 9.84 Å². The minimum absolute atomic E-state index is 0.0307. The summed E-state index contributed by atoms with van der Waals surface area (Å²) in [7, 11) is -1.55. The summed E-state index contributed by atoms with van der Waals surface area (Å²) in [5.74, 6) is 0.819. The molecule has 1 aromatic rings. The average molecular weight is 285 g/mol. The van der Waals surface area contributed by atoms with Gasteiger partial charge in [0, 0.05) is 11.6 Å². The van der Waals surface area contributed by atoms with Crippen molar-refractivity contribution in [1.82, 2.24) is 0 Å². The molecule has 0 radical (unpaired) electrons. The fourth-order valence-electron chi connectivity index (χ4n) is 1.99. The molecule has 1 aromatic carbocycles. The van der Waals surface area contributed by atoms with Gasteiger partial charge in [0.2, 0.25) is 0 Å². The molecule has 0 aliphatic rings. The quantitative estimate of drug-likeness (QED) is 0.744. The first-order valence-electron chi connectivity index (χ1n) is 6.59. The zero-order valence-corrected chi connectivity index (χ0v) is 12.4. The number of benzene rings is 1. The van der Waals surface area contributed by atoms with Crippen LogP contribution in [0.25, 0.3) is 0 Å². The summed E-state index contributed by atoms with van der Waals surface area (Å²) < 4.78 is 29.1. The maximum atomic E-state index is 12.0. The number of sulfone groups is 1. The van der Waals surface area contributed by atoms with Gasteiger partial charge in [-0.25, -0.2) is 8.42 Å². The van der Waals surface area contributed by atoms with Crippen molar-refractivity contribution in [3.8, 4) is 5.75 Å². The van der Waals surface area contributed by atoms with Gasteiger partial charge in [0.1, 0.15) is 5.75 Å². The van der Waals surface area contributed by atoms with Gasteiger partial charge < -0.3 is 10.5 Å². The van der Waals surface area contributed by atoms with Gasteiger partial charge in [-0.15, -0.1) is 0 Å². The SMILES string of the molecule is CCCCCS(=O)(=O)CC(N)c1ccccc1OC. The Kier molecular flexibility index (Phi) is 6.31. The number of rotatable bonds is 8. The molecule has 2 N–H and O–H groups in total. The first-order valence-corrected chi connectivity index (χ1v) is 8.41. The Morgan fingerprint density at radius 3 is 2.58 bits per heavy atom. The normalized spacial score (nSPS) is 13.2. The first-order chi connectivity index (χ1) is 9.00. The van der Waals surface area contributed by atoms with Crippen LogP contribution in [0.1, 0.15) is 37.8 Å². The lowest BCUT2D eigenvalue weighted by Crippen LogP contribution is -2.24. The van der Waals surface area contributed by atoms with Gasteiger partial charge in [0.25, 0.3) is 0 Å². The highest BCUT2D eigenvalue weighted by atomic mass is 32.2. The van der Waals surface area contributed by atoms with Crippen LogP contribution < -0.4 is 10.5 Å². The monoisotopic (exact) mass is 285 g/mol. The molecule has 1 unspecified atom stereocenters. The summed E-state index contributed by atoms with van der Waals surface area (Å²) >= 11 is 0. The molecular weight excluding hydrogens is 262 g/mol.